The maximum atomic E-state index is 13.6. The standard InChI is InChI=1S/C37H51NO4Si.C37H49NO4Si.B.Na.H/c2*1-36(2,3)43(29-14-10-8-11-15-29,30-16-12-9-13-17-30)42-21-19-37(4,5)25-28-26-38-20-18-27-22-34(40-6)35(41-7)23-31(27)32(38)24-33(28)39;;;/h8-17,22-23,28,32-33,39H,18-21,24-26H2,1-7H3;8-17,22-23,28,32H,18-21,24-26H2,1-7H3;;;/q;;;+1;-1/t28-,32-,33-;28-,32-;;;/m11.../s1. The molecule has 88 heavy (non-hydrogen) atoms. The summed E-state index contributed by atoms with van der Waals surface area (Å²) in [7, 11) is 1.59. The average molecular weight is 1240 g/mol. The Labute approximate surface area is 556 Å². The molecular weight excluding hydrogens is 1130 g/mol. The van der Waals surface area contributed by atoms with Gasteiger partial charge >= 0.3 is 29.6 Å². The molecule has 6 aromatic rings. The average Bonchev–Trinajstić information content (AvgIpc) is 0.924. The third-order valence-electron chi connectivity index (χ3n) is 19.7. The van der Waals surface area contributed by atoms with Crippen LogP contribution in [0.1, 0.15) is 144 Å². The fourth-order valence-electron chi connectivity index (χ4n) is 15.1. The van der Waals surface area contributed by atoms with E-state index in [4.69, 9.17) is 27.8 Å². The first-order chi connectivity index (χ1) is 41.0. The molecular formula is C74H101BN2NaO8Si2. The molecule has 10 rings (SSSR count). The van der Waals surface area contributed by atoms with E-state index in [9.17, 15) is 9.90 Å². The minimum absolute atomic E-state index is 0. The first-order valence-electron chi connectivity index (χ1n) is 31.7. The van der Waals surface area contributed by atoms with E-state index in [1.54, 1.807) is 28.4 Å². The Morgan fingerprint density at radius 1 is 0.511 bits per heavy atom. The molecule has 0 aromatic heterocycles. The van der Waals surface area contributed by atoms with Gasteiger partial charge < -0.3 is 34.3 Å². The third-order valence-corrected chi connectivity index (χ3v) is 29.7. The summed E-state index contributed by atoms with van der Waals surface area (Å²) >= 11 is 0. The number of hydrogen-bond donors (Lipinski definition) is 1. The van der Waals surface area contributed by atoms with Crippen molar-refractivity contribution in [1.82, 2.24) is 9.80 Å². The van der Waals surface area contributed by atoms with Gasteiger partial charge in [-0.3, -0.25) is 14.6 Å². The first kappa shape index (κ1) is 70.9. The van der Waals surface area contributed by atoms with E-state index in [0.717, 1.165) is 94.1 Å². The minimum Gasteiger partial charge on any atom is -1.00 e. The van der Waals surface area contributed by atoms with Crippen molar-refractivity contribution in [3.05, 3.63) is 168 Å². The molecule has 0 amide bonds. The summed E-state index contributed by atoms with van der Waals surface area (Å²) in [6, 6.07) is 52.2. The van der Waals surface area contributed by atoms with Crippen LogP contribution in [-0.4, -0.2) is 120 Å². The molecule has 0 bridgehead atoms. The topological polar surface area (TPSA) is 99.2 Å². The molecule has 5 atom stereocenters. The van der Waals surface area contributed by atoms with E-state index in [2.05, 4.69) is 225 Å². The van der Waals surface area contributed by atoms with Gasteiger partial charge in [0.15, 0.2) is 23.0 Å². The van der Waals surface area contributed by atoms with Gasteiger partial charge in [-0.2, -0.15) is 0 Å². The molecule has 0 unspecified atom stereocenters. The second-order valence-corrected chi connectivity index (χ2v) is 37.1. The SMILES string of the molecule is COc1cc2c(cc1OC)[C@H]1CC(=O)[C@H](CC(C)(C)CCO[Si](c3ccccc3)(c3ccccc3)C(C)(C)C)CN1CC2.COc1cc2c(cc1OC)[C@H]1C[C@@H](O)[C@H](CC(C)(C)CCO[Si](c3ccccc3)(c3ccccc3)C(C)(C)C)CN1CC2.[B].[H-].[Na+]. The van der Waals surface area contributed by atoms with E-state index < -0.39 is 16.6 Å². The predicted octanol–water partition coefficient (Wildman–Crippen LogP) is 9.68. The summed E-state index contributed by atoms with van der Waals surface area (Å²) < 4.78 is 36.7. The van der Waals surface area contributed by atoms with Crippen molar-refractivity contribution < 1.29 is 68.7 Å². The number of aliphatic hydroxyl groups excluding tert-OH is 1. The van der Waals surface area contributed by atoms with E-state index >= 15 is 0 Å². The molecule has 0 spiro atoms. The van der Waals surface area contributed by atoms with Crippen molar-refractivity contribution in [2.75, 3.05) is 67.8 Å². The Balaban J connectivity index is 0.000000274. The quantitative estimate of drug-likeness (QED) is 0.0745. The molecule has 3 radical (unpaired) electrons. The Morgan fingerprint density at radius 2 is 0.864 bits per heavy atom. The van der Waals surface area contributed by atoms with Crippen molar-refractivity contribution in [3.8, 4) is 23.0 Å². The Morgan fingerprint density at radius 3 is 1.24 bits per heavy atom. The number of ketones is 1. The fraction of sp³-hybridized carbons (Fsp3) is 0.500. The van der Waals surface area contributed by atoms with Crippen molar-refractivity contribution in [2.24, 2.45) is 22.7 Å². The molecule has 4 aliphatic rings. The van der Waals surface area contributed by atoms with Crippen LogP contribution in [0.4, 0.5) is 0 Å². The van der Waals surface area contributed by atoms with Gasteiger partial charge in [0.05, 0.1) is 34.5 Å². The van der Waals surface area contributed by atoms with Crippen molar-refractivity contribution in [1.29, 1.82) is 0 Å². The molecule has 0 aliphatic carbocycles. The number of rotatable bonds is 20. The van der Waals surface area contributed by atoms with Gasteiger partial charge in [-0.15, -0.1) is 0 Å². The van der Waals surface area contributed by atoms with Crippen LogP contribution >= 0.6 is 0 Å². The summed E-state index contributed by atoms with van der Waals surface area (Å²) in [4.78, 5) is 18.7. The normalized spacial score (nSPS) is 19.9. The van der Waals surface area contributed by atoms with Crippen molar-refractivity contribution in [2.45, 2.75) is 149 Å². The van der Waals surface area contributed by atoms with Gasteiger partial charge in [0.25, 0.3) is 16.6 Å². The molecule has 4 aliphatic heterocycles. The minimum atomic E-state index is -2.58. The molecule has 2 saturated heterocycles. The van der Waals surface area contributed by atoms with Crippen LogP contribution in [0, 0.1) is 22.7 Å². The zero-order valence-electron chi connectivity index (χ0n) is 56.9. The van der Waals surface area contributed by atoms with E-state index in [-0.39, 0.29) is 90.3 Å². The van der Waals surface area contributed by atoms with Crippen LogP contribution in [-0.2, 0) is 26.5 Å². The smallest absolute Gasteiger partial charge is 1.00 e. The van der Waals surface area contributed by atoms with Gasteiger partial charge in [0.1, 0.15) is 5.78 Å². The van der Waals surface area contributed by atoms with Crippen LogP contribution in [0.5, 0.6) is 23.0 Å². The number of Topliss-reactive ketones (excluding diaryl/α,β-unsaturated/α-hetero) is 1. The number of nitrogens with zero attached hydrogens (tertiary/aromatic N) is 2. The van der Waals surface area contributed by atoms with E-state index in [0.29, 0.717) is 25.4 Å². The van der Waals surface area contributed by atoms with Gasteiger partial charge in [0, 0.05) is 72.2 Å². The summed E-state index contributed by atoms with van der Waals surface area (Å²) in [5, 5.41) is 16.6. The molecule has 467 valence electrons. The maximum absolute atomic E-state index is 13.6. The van der Waals surface area contributed by atoms with Crippen LogP contribution in [0.3, 0.4) is 0 Å². The van der Waals surface area contributed by atoms with Crippen LogP contribution < -0.4 is 69.3 Å². The number of piperidine rings is 2. The number of ether oxygens (including phenoxy) is 4. The Kier molecular flexibility index (Phi) is 24.1. The Hall–Kier alpha value is -4.51. The number of carbonyl (C=O) groups is 1. The maximum Gasteiger partial charge on any atom is 1.00 e. The third kappa shape index (κ3) is 15.3. The molecule has 1 N–H and O–H groups in total. The van der Waals surface area contributed by atoms with Gasteiger partial charge in [-0.1, -0.05) is 191 Å². The first-order valence-corrected chi connectivity index (χ1v) is 35.5. The van der Waals surface area contributed by atoms with Gasteiger partial charge in [-0.25, -0.2) is 0 Å². The molecule has 2 fully saturated rings. The Bertz CT molecular complexity index is 3130. The van der Waals surface area contributed by atoms with Crippen molar-refractivity contribution in [3.63, 3.8) is 0 Å². The second kappa shape index (κ2) is 29.8. The molecule has 6 aromatic carbocycles. The summed E-state index contributed by atoms with van der Waals surface area (Å²) in [6.07, 6.45) is 6.63. The van der Waals surface area contributed by atoms with Crippen LogP contribution in [0.15, 0.2) is 146 Å². The molecule has 10 nitrogen and oxygen atoms in total. The fourth-order valence-corrected chi connectivity index (χ4v) is 24.3. The number of benzene rings is 6. The predicted molar refractivity (Wildman–Crippen MR) is 362 cm³/mol. The monoisotopic (exact) mass is 1240 g/mol. The summed E-state index contributed by atoms with van der Waals surface area (Å²) in [6.45, 7) is 28.4. The molecule has 4 heterocycles. The van der Waals surface area contributed by atoms with Crippen LogP contribution in [0.2, 0.25) is 10.1 Å². The zero-order chi connectivity index (χ0) is 61.7. The van der Waals surface area contributed by atoms with E-state index in [1.807, 2.05) is 0 Å². The molecule has 0 saturated carbocycles. The van der Waals surface area contributed by atoms with Crippen LogP contribution in [0.25, 0.3) is 0 Å². The number of hydrogen-bond acceptors (Lipinski definition) is 10. The summed E-state index contributed by atoms with van der Waals surface area (Å²) in [5.41, 5.74) is 5.08. The van der Waals surface area contributed by atoms with Gasteiger partial charge in [0.2, 0.25) is 0 Å². The van der Waals surface area contributed by atoms with Gasteiger partial charge in [-0.05, 0) is 139 Å². The zero-order valence-corrected chi connectivity index (χ0v) is 59.9. The number of aliphatic hydroxyl groups is 1. The number of methoxy groups -OCH3 is 4. The van der Waals surface area contributed by atoms with E-state index in [1.165, 1.54) is 43.0 Å². The molecule has 14 heteroatoms. The second-order valence-electron chi connectivity index (χ2n) is 28.5. The largest absolute Gasteiger partial charge is 1.00 e. The van der Waals surface area contributed by atoms with Crippen molar-refractivity contribution >= 4 is 51.6 Å². The number of carbonyl (C=O) groups excluding carboxylic acids is 1. The number of fused-ring (bicyclic) bond motifs is 6. The summed E-state index contributed by atoms with van der Waals surface area (Å²) in [5.74, 6) is 3.70.